The average Bonchev–Trinajstić information content (AvgIpc) is 3.55. The molecular formula is C29H22N4O3. The molecule has 0 unspecified atom stereocenters. The van der Waals surface area contributed by atoms with Crippen LogP contribution in [-0.4, -0.2) is 27.6 Å². The summed E-state index contributed by atoms with van der Waals surface area (Å²) in [6, 6.07) is 26.6. The van der Waals surface area contributed by atoms with E-state index in [9.17, 15) is 4.79 Å². The maximum Gasteiger partial charge on any atom is 0.282 e. The molecule has 0 bridgehead atoms. The Balaban J connectivity index is 1.54. The normalized spacial score (nSPS) is 11.6. The summed E-state index contributed by atoms with van der Waals surface area (Å²) in [5, 5.41) is 5.87. The number of aryl methyl sites for hydroxylation is 1. The zero-order valence-corrected chi connectivity index (χ0v) is 19.8. The van der Waals surface area contributed by atoms with Crippen LogP contribution in [0, 0.1) is 6.92 Å². The van der Waals surface area contributed by atoms with E-state index < -0.39 is 0 Å². The van der Waals surface area contributed by atoms with Gasteiger partial charge >= 0.3 is 0 Å². The van der Waals surface area contributed by atoms with Crippen LogP contribution in [0.3, 0.4) is 0 Å². The minimum absolute atomic E-state index is 0.284. The monoisotopic (exact) mass is 474 g/mol. The van der Waals surface area contributed by atoms with Gasteiger partial charge in [0, 0.05) is 11.9 Å². The van der Waals surface area contributed by atoms with Crippen LogP contribution in [0.1, 0.15) is 11.3 Å². The van der Waals surface area contributed by atoms with Gasteiger partial charge in [-0.05, 0) is 61.0 Å². The Kier molecular flexibility index (Phi) is 5.22. The van der Waals surface area contributed by atoms with Crippen molar-refractivity contribution in [2.45, 2.75) is 6.92 Å². The number of para-hydroxylation sites is 2. The molecular weight excluding hydrogens is 452 g/mol. The zero-order valence-electron chi connectivity index (χ0n) is 19.8. The molecule has 0 aliphatic carbocycles. The van der Waals surface area contributed by atoms with Gasteiger partial charge in [-0.1, -0.05) is 36.4 Å². The van der Waals surface area contributed by atoms with Gasteiger partial charge in [-0.25, -0.2) is 4.98 Å². The number of rotatable bonds is 5. The van der Waals surface area contributed by atoms with Gasteiger partial charge in [0.2, 0.25) is 5.82 Å². The van der Waals surface area contributed by atoms with E-state index in [2.05, 4.69) is 18.1 Å². The third-order valence-corrected chi connectivity index (χ3v) is 6.18. The molecule has 0 spiro atoms. The second-order valence-electron chi connectivity index (χ2n) is 8.39. The van der Waals surface area contributed by atoms with Crippen molar-refractivity contribution in [2.24, 2.45) is 5.10 Å². The molecule has 0 fully saturated rings. The highest BCUT2D eigenvalue weighted by molar-refractivity contribution is 5.88. The first-order chi connectivity index (χ1) is 17.6. The molecule has 0 amide bonds. The summed E-state index contributed by atoms with van der Waals surface area (Å²) in [6.07, 6.45) is 3.63. The highest BCUT2D eigenvalue weighted by atomic mass is 16.5. The summed E-state index contributed by atoms with van der Waals surface area (Å²) in [5.74, 6) is 1.41. The summed E-state index contributed by atoms with van der Waals surface area (Å²) in [6.45, 7) is 2.06. The number of fused-ring (bicyclic) bond motifs is 2. The van der Waals surface area contributed by atoms with Gasteiger partial charge in [0.15, 0.2) is 5.76 Å². The van der Waals surface area contributed by atoms with E-state index in [1.165, 1.54) is 4.68 Å². The van der Waals surface area contributed by atoms with E-state index in [0.717, 1.165) is 22.3 Å². The molecule has 7 heteroatoms. The molecule has 0 aliphatic rings. The molecule has 3 aromatic carbocycles. The van der Waals surface area contributed by atoms with E-state index in [1.54, 1.807) is 25.5 Å². The fraction of sp³-hybridized carbons (Fsp3) is 0.0690. The standard InChI is InChI=1S/C29H22N4O3/c1-19-9-3-6-13-24(19)32-16-8-10-20(32)18-30-33-28(31-23-12-5-4-11-21(23)29(33)34)27-17-22-25(35-2)14-7-15-26(22)36-27/h3-18H,1-2H3. The smallest absolute Gasteiger partial charge is 0.282 e. The molecule has 6 aromatic rings. The lowest BCUT2D eigenvalue weighted by Crippen LogP contribution is -2.20. The number of hydrogen-bond acceptors (Lipinski definition) is 5. The van der Waals surface area contributed by atoms with Gasteiger partial charge in [-0.2, -0.15) is 9.78 Å². The molecule has 0 radical (unpaired) electrons. The predicted molar refractivity (Wildman–Crippen MR) is 141 cm³/mol. The Morgan fingerprint density at radius 3 is 2.64 bits per heavy atom. The van der Waals surface area contributed by atoms with Crippen LogP contribution in [0.5, 0.6) is 5.75 Å². The fourth-order valence-corrected chi connectivity index (χ4v) is 4.38. The topological polar surface area (TPSA) is 74.6 Å². The Hall–Kier alpha value is -4.91. The number of ether oxygens (including phenoxy) is 1. The van der Waals surface area contributed by atoms with Crippen molar-refractivity contribution in [1.82, 2.24) is 14.2 Å². The predicted octanol–water partition coefficient (Wildman–Crippen LogP) is 5.80. The third kappa shape index (κ3) is 3.58. The molecule has 36 heavy (non-hydrogen) atoms. The Morgan fingerprint density at radius 2 is 1.78 bits per heavy atom. The molecule has 0 atom stereocenters. The van der Waals surface area contributed by atoms with Crippen LogP contribution in [0.2, 0.25) is 0 Å². The number of methoxy groups -OCH3 is 1. The van der Waals surface area contributed by atoms with Crippen LogP contribution >= 0.6 is 0 Å². The second kappa shape index (κ2) is 8.70. The van der Waals surface area contributed by atoms with Gasteiger partial charge < -0.3 is 13.7 Å². The molecule has 176 valence electrons. The van der Waals surface area contributed by atoms with Gasteiger partial charge in [0.1, 0.15) is 11.3 Å². The molecule has 0 saturated carbocycles. The highest BCUT2D eigenvalue weighted by Crippen LogP contribution is 2.32. The molecule has 0 aliphatic heterocycles. The number of hydrogen-bond donors (Lipinski definition) is 0. The first-order valence-corrected chi connectivity index (χ1v) is 11.5. The van der Waals surface area contributed by atoms with Gasteiger partial charge in [0.25, 0.3) is 5.56 Å². The summed E-state index contributed by atoms with van der Waals surface area (Å²) in [5.41, 5.74) is 3.91. The summed E-state index contributed by atoms with van der Waals surface area (Å²) >= 11 is 0. The number of nitrogens with zero attached hydrogens (tertiary/aromatic N) is 4. The lowest BCUT2D eigenvalue weighted by Gasteiger charge is -2.10. The van der Waals surface area contributed by atoms with Gasteiger partial charge in [-0.15, -0.1) is 0 Å². The molecule has 7 nitrogen and oxygen atoms in total. The quantitative estimate of drug-likeness (QED) is 0.296. The highest BCUT2D eigenvalue weighted by Gasteiger charge is 2.18. The van der Waals surface area contributed by atoms with Crippen LogP contribution < -0.4 is 10.3 Å². The maximum absolute atomic E-state index is 13.6. The summed E-state index contributed by atoms with van der Waals surface area (Å²) in [7, 11) is 1.61. The fourth-order valence-electron chi connectivity index (χ4n) is 4.38. The number of benzene rings is 3. The van der Waals surface area contributed by atoms with E-state index in [0.29, 0.717) is 33.8 Å². The SMILES string of the molecule is COc1cccc2oc(-c3nc4ccccc4c(=O)n3N=Cc3cccn3-c3ccccc3C)cc12. The van der Waals surface area contributed by atoms with Crippen molar-refractivity contribution in [1.29, 1.82) is 0 Å². The molecule has 6 rings (SSSR count). The van der Waals surface area contributed by atoms with Crippen LogP contribution in [0.25, 0.3) is 39.1 Å². The van der Waals surface area contributed by atoms with E-state index >= 15 is 0 Å². The van der Waals surface area contributed by atoms with Crippen molar-refractivity contribution in [3.05, 3.63) is 113 Å². The molecule has 3 heterocycles. The minimum atomic E-state index is -0.284. The Morgan fingerprint density at radius 1 is 0.944 bits per heavy atom. The van der Waals surface area contributed by atoms with E-state index in [4.69, 9.17) is 14.1 Å². The molecule has 0 saturated heterocycles. The Labute approximate surface area is 206 Å². The average molecular weight is 475 g/mol. The first-order valence-electron chi connectivity index (χ1n) is 11.5. The van der Waals surface area contributed by atoms with Crippen molar-refractivity contribution in [2.75, 3.05) is 7.11 Å². The second-order valence-corrected chi connectivity index (χ2v) is 8.39. The minimum Gasteiger partial charge on any atom is -0.496 e. The van der Waals surface area contributed by atoms with Crippen molar-refractivity contribution in [3.8, 4) is 23.0 Å². The van der Waals surface area contributed by atoms with Crippen LogP contribution in [0.15, 0.2) is 105 Å². The van der Waals surface area contributed by atoms with Crippen molar-refractivity contribution in [3.63, 3.8) is 0 Å². The lowest BCUT2D eigenvalue weighted by atomic mass is 10.2. The molecule has 3 aromatic heterocycles. The van der Waals surface area contributed by atoms with Crippen LogP contribution in [-0.2, 0) is 0 Å². The van der Waals surface area contributed by atoms with Crippen molar-refractivity contribution < 1.29 is 9.15 Å². The first kappa shape index (κ1) is 21.6. The number of aromatic nitrogens is 3. The largest absolute Gasteiger partial charge is 0.496 e. The number of furan rings is 1. The maximum atomic E-state index is 13.6. The summed E-state index contributed by atoms with van der Waals surface area (Å²) < 4.78 is 14.9. The molecule has 0 N–H and O–H groups in total. The zero-order chi connectivity index (χ0) is 24.6. The van der Waals surface area contributed by atoms with Crippen LogP contribution in [0.4, 0.5) is 0 Å². The Bertz CT molecular complexity index is 1820. The van der Waals surface area contributed by atoms with Crippen molar-refractivity contribution >= 4 is 28.1 Å². The van der Waals surface area contributed by atoms with Gasteiger partial charge in [0.05, 0.1) is 35.3 Å². The third-order valence-electron chi connectivity index (χ3n) is 6.18. The lowest BCUT2D eigenvalue weighted by molar-refractivity contribution is 0.419. The van der Waals surface area contributed by atoms with E-state index in [1.807, 2.05) is 77.5 Å². The van der Waals surface area contributed by atoms with E-state index in [-0.39, 0.29) is 5.56 Å². The summed E-state index contributed by atoms with van der Waals surface area (Å²) in [4.78, 5) is 18.3. The van der Waals surface area contributed by atoms with Gasteiger partial charge in [-0.3, -0.25) is 4.79 Å².